The molecule has 2 aliphatic rings. The van der Waals surface area contributed by atoms with Crippen LogP contribution in [0.3, 0.4) is 0 Å². The first kappa shape index (κ1) is 12.9. The van der Waals surface area contributed by atoms with Crippen molar-refractivity contribution in [3.8, 4) is 0 Å². The molecule has 0 radical (unpaired) electrons. The Morgan fingerprint density at radius 1 is 1.12 bits per heavy atom. The average Bonchev–Trinajstić information content (AvgIpc) is 2.68. The van der Waals surface area contributed by atoms with E-state index in [0.29, 0.717) is 23.9 Å². The first-order valence-corrected chi connectivity index (χ1v) is 7.14. The average molecular weight is 238 g/mol. The van der Waals surface area contributed by atoms with Gasteiger partial charge in [-0.25, -0.2) is 0 Å². The Labute approximate surface area is 105 Å². The van der Waals surface area contributed by atoms with Gasteiger partial charge in [0.25, 0.3) is 0 Å². The van der Waals surface area contributed by atoms with Gasteiger partial charge in [-0.1, -0.05) is 20.3 Å². The van der Waals surface area contributed by atoms with Crippen LogP contribution in [0.15, 0.2) is 0 Å². The number of rotatable bonds is 2. The van der Waals surface area contributed by atoms with Gasteiger partial charge >= 0.3 is 0 Å². The van der Waals surface area contributed by atoms with Crippen LogP contribution in [0.1, 0.15) is 52.4 Å². The van der Waals surface area contributed by atoms with E-state index in [2.05, 4.69) is 19.2 Å². The van der Waals surface area contributed by atoms with Crippen molar-refractivity contribution in [1.29, 1.82) is 0 Å². The molecule has 2 aliphatic carbocycles. The van der Waals surface area contributed by atoms with Crippen LogP contribution in [0, 0.1) is 17.8 Å². The molecule has 0 heterocycles. The summed E-state index contributed by atoms with van der Waals surface area (Å²) in [4.78, 5) is 12.2. The summed E-state index contributed by atoms with van der Waals surface area (Å²) in [6.07, 6.45) is 6.62. The van der Waals surface area contributed by atoms with E-state index in [9.17, 15) is 4.79 Å². The molecule has 1 amide bonds. The smallest absolute Gasteiger partial charge is 0.223 e. The van der Waals surface area contributed by atoms with Crippen LogP contribution in [0.4, 0.5) is 0 Å². The van der Waals surface area contributed by atoms with Gasteiger partial charge in [0.2, 0.25) is 5.91 Å². The Morgan fingerprint density at radius 3 is 2.47 bits per heavy atom. The molecule has 3 N–H and O–H groups in total. The quantitative estimate of drug-likeness (QED) is 0.773. The maximum atomic E-state index is 12.2. The number of nitrogens with one attached hydrogen (secondary N) is 1. The summed E-state index contributed by atoms with van der Waals surface area (Å²) >= 11 is 0. The van der Waals surface area contributed by atoms with Gasteiger partial charge in [-0.3, -0.25) is 4.79 Å². The highest BCUT2D eigenvalue weighted by atomic mass is 16.1. The molecule has 2 fully saturated rings. The second-order valence-electron chi connectivity index (χ2n) is 6.17. The summed E-state index contributed by atoms with van der Waals surface area (Å²) in [5.74, 6) is 1.63. The van der Waals surface area contributed by atoms with Crippen LogP contribution in [0.2, 0.25) is 0 Å². The molecule has 17 heavy (non-hydrogen) atoms. The zero-order valence-corrected chi connectivity index (χ0v) is 11.1. The summed E-state index contributed by atoms with van der Waals surface area (Å²) in [5.41, 5.74) is 5.99. The second kappa shape index (κ2) is 5.38. The summed E-state index contributed by atoms with van der Waals surface area (Å²) < 4.78 is 0. The van der Waals surface area contributed by atoms with Crippen molar-refractivity contribution in [1.82, 2.24) is 5.32 Å². The fourth-order valence-corrected chi connectivity index (χ4v) is 3.32. The number of hydrogen-bond donors (Lipinski definition) is 2. The zero-order chi connectivity index (χ0) is 12.4. The van der Waals surface area contributed by atoms with Gasteiger partial charge in [-0.2, -0.15) is 0 Å². The van der Waals surface area contributed by atoms with Crippen LogP contribution in [0.25, 0.3) is 0 Å². The minimum atomic E-state index is 0.206. The monoisotopic (exact) mass is 238 g/mol. The van der Waals surface area contributed by atoms with Crippen molar-refractivity contribution in [2.45, 2.75) is 64.5 Å². The van der Waals surface area contributed by atoms with Gasteiger partial charge in [0.1, 0.15) is 0 Å². The van der Waals surface area contributed by atoms with Gasteiger partial charge in [0.05, 0.1) is 0 Å². The zero-order valence-electron chi connectivity index (χ0n) is 11.1. The van der Waals surface area contributed by atoms with Gasteiger partial charge in [0, 0.05) is 18.0 Å². The maximum absolute atomic E-state index is 12.2. The predicted octanol–water partition coefficient (Wildman–Crippen LogP) is 2.05. The molecule has 0 aromatic carbocycles. The van der Waals surface area contributed by atoms with Crippen molar-refractivity contribution in [3.05, 3.63) is 0 Å². The van der Waals surface area contributed by atoms with E-state index in [1.807, 2.05) is 0 Å². The third-order valence-electron chi connectivity index (χ3n) is 4.80. The lowest BCUT2D eigenvalue weighted by Gasteiger charge is -2.32. The Hall–Kier alpha value is -0.570. The third kappa shape index (κ3) is 3.01. The predicted molar refractivity (Wildman–Crippen MR) is 69.4 cm³/mol. The van der Waals surface area contributed by atoms with Crippen LogP contribution in [-0.2, 0) is 4.79 Å². The normalized spacial score (nSPS) is 42.4. The lowest BCUT2D eigenvalue weighted by atomic mass is 9.79. The van der Waals surface area contributed by atoms with Crippen molar-refractivity contribution in [2.24, 2.45) is 23.5 Å². The maximum Gasteiger partial charge on any atom is 0.223 e. The molecule has 0 aromatic rings. The number of carbonyl (C=O) groups excluding carboxylic acids is 1. The van der Waals surface area contributed by atoms with Crippen LogP contribution in [-0.4, -0.2) is 18.0 Å². The summed E-state index contributed by atoms with van der Waals surface area (Å²) in [6, 6.07) is 0.720. The molecule has 0 bridgehead atoms. The lowest BCUT2D eigenvalue weighted by molar-refractivity contribution is -0.127. The molecule has 2 saturated carbocycles. The lowest BCUT2D eigenvalue weighted by Crippen LogP contribution is -2.44. The Morgan fingerprint density at radius 2 is 1.88 bits per heavy atom. The molecule has 98 valence electrons. The molecule has 0 aromatic heterocycles. The highest BCUT2D eigenvalue weighted by Gasteiger charge is 2.32. The fraction of sp³-hybridized carbons (Fsp3) is 0.929. The Bertz CT molecular complexity index is 279. The molecule has 0 spiro atoms. The molecule has 2 rings (SSSR count). The summed E-state index contributed by atoms with van der Waals surface area (Å²) in [5, 5.41) is 3.25. The summed E-state index contributed by atoms with van der Waals surface area (Å²) in [6.45, 7) is 4.42. The summed E-state index contributed by atoms with van der Waals surface area (Å²) in [7, 11) is 0. The Balaban J connectivity index is 1.83. The van der Waals surface area contributed by atoms with Crippen molar-refractivity contribution < 1.29 is 4.79 Å². The van der Waals surface area contributed by atoms with Crippen LogP contribution < -0.4 is 11.1 Å². The van der Waals surface area contributed by atoms with Gasteiger partial charge < -0.3 is 11.1 Å². The van der Waals surface area contributed by atoms with Crippen molar-refractivity contribution >= 4 is 5.91 Å². The minimum absolute atomic E-state index is 0.206. The van der Waals surface area contributed by atoms with E-state index in [-0.39, 0.29) is 11.8 Å². The molecule has 5 atom stereocenters. The second-order valence-corrected chi connectivity index (χ2v) is 6.17. The van der Waals surface area contributed by atoms with E-state index < -0.39 is 0 Å². The van der Waals surface area contributed by atoms with Crippen LogP contribution in [0.5, 0.6) is 0 Å². The molecule has 0 saturated heterocycles. The van der Waals surface area contributed by atoms with E-state index >= 15 is 0 Å². The largest absolute Gasteiger partial charge is 0.353 e. The van der Waals surface area contributed by atoms with E-state index in [0.717, 1.165) is 25.7 Å². The topological polar surface area (TPSA) is 55.1 Å². The first-order valence-electron chi connectivity index (χ1n) is 7.14. The number of nitrogens with two attached hydrogens (primary N) is 1. The molecular weight excluding hydrogens is 212 g/mol. The standard InChI is InChI=1S/C14H26N2O/c1-9-4-3-5-13(9)16-14(17)11-6-7-12(15)10(2)8-11/h9-13H,3-8,15H2,1-2H3,(H,16,17). The number of amides is 1. The van der Waals surface area contributed by atoms with E-state index in [1.54, 1.807) is 0 Å². The van der Waals surface area contributed by atoms with Crippen molar-refractivity contribution in [3.63, 3.8) is 0 Å². The highest BCUT2D eigenvalue weighted by molar-refractivity contribution is 5.79. The van der Waals surface area contributed by atoms with E-state index in [1.165, 1.54) is 12.8 Å². The Kier molecular flexibility index (Phi) is 4.08. The molecule has 5 unspecified atom stereocenters. The number of hydrogen-bond acceptors (Lipinski definition) is 2. The third-order valence-corrected chi connectivity index (χ3v) is 4.80. The van der Waals surface area contributed by atoms with Gasteiger partial charge in [-0.15, -0.1) is 0 Å². The van der Waals surface area contributed by atoms with Crippen molar-refractivity contribution in [2.75, 3.05) is 0 Å². The van der Waals surface area contributed by atoms with Gasteiger partial charge in [0.15, 0.2) is 0 Å². The molecule has 0 aliphatic heterocycles. The van der Waals surface area contributed by atoms with E-state index in [4.69, 9.17) is 5.73 Å². The number of carbonyl (C=O) groups is 1. The van der Waals surface area contributed by atoms with Crippen LogP contribution >= 0.6 is 0 Å². The first-order chi connectivity index (χ1) is 8.08. The van der Waals surface area contributed by atoms with Gasteiger partial charge in [-0.05, 0) is 43.9 Å². The highest BCUT2D eigenvalue weighted by Crippen LogP contribution is 2.30. The minimum Gasteiger partial charge on any atom is -0.353 e. The molecular formula is C14H26N2O. The SMILES string of the molecule is CC1CC(C(=O)NC2CCCC2C)CCC1N. The fourth-order valence-electron chi connectivity index (χ4n) is 3.32. The molecule has 3 nitrogen and oxygen atoms in total. The molecule has 3 heteroatoms.